The molecule has 0 fully saturated rings. The van der Waals surface area contributed by atoms with E-state index in [0.29, 0.717) is 6.42 Å². The van der Waals surface area contributed by atoms with Crippen LogP contribution in [0.15, 0.2) is 146 Å². The number of pyridine rings is 1. The molecular weight excluding hydrogens is 573 g/mol. The number of para-hydroxylation sites is 1. The van der Waals surface area contributed by atoms with Crippen LogP contribution in [0.4, 0.5) is 0 Å². The Morgan fingerprint density at radius 3 is 2.34 bits per heavy atom. The molecule has 0 saturated heterocycles. The number of fused-ring (bicyclic) bond motifs is 1. The first-order chi connectivity index (χ1) is 23.1. The average molecular weight is 607 g/mol. The molecule has 0 aliphatic carbocycles. The molecule has 0 amide bonds. The fourth-order valence-electron chi connectivity index (χ4n) is 7.03. The minimum atomic E-state index is 0.700. The van der Waals surface area contributed by atoms with Crippen LogP contribution in [0.3, 0.4) is 0 Å². The zero-order valence-corrected chi connectivity index (χ0v) is 26.2. The number of nitrogens with two attached hydrogens (primary N) is 2. The maximum atomic E-state index is 6.68. The van der Waals surface area contributed by atoms with Gasteiger partial charge < -0.3 is 16.0 Å². The number of allylic oxidation sites excluding steroid dienone is 3. The Balaban J connectivity index is 1.06. The Kier molecular flexibility index (Phi) is 7.03. The molecule has 4 N–H and O–H groups in total. The average Bonchev–Trinajstić information content (AvgIpc) is 3.39. The number of hydrogen-bond donors (Lipinski definition) is 2. The minimum Gasteiger partial charge on any atom is -0.405 e. The second kappa shape index (κ2) is 11.7. The smallest absolute Gasteiger partial charge is 0.0706 e. The predicted molar refractivity (Wildman–Crippen MR) is 200 cm³/mol. The topological polar surface area (TPSA) is 69.9 Å². The van der Waals surface area contributed by atoms with E-state index < -0.39 is 0 Å². The Morgan fingerprint density at radius 1 is 0.745 bits per heavy atom. The third kappa shape index (κ3) is 4.91. The molecule has 226 valence electrons. The molecule has 0 spiro atoms. The normalized spacial score (nSPS) is 12.6. The Bertz CT molecular complexity index is 2510. The SMILES string of the molecule is Cc1c(/C=C\N)c2ccccc2n1-c1cccc(-c2cccc(C/C=C\C=C(/N)c3ccc4ccc5cccc6ccc3c4c56)n2)c1. The standard InChI is InChI=1S/C43H34N4/c1-28-35(25-26-44)37-15-3-5-18-41(37)47(28)34-14-7-11-32(27-34)40-17-8-13-33(46-40)12-2-4-16-39(45)36-23-21-31-20-19-29-9-6-10-30-22-24-38(36)43(31)42(29)30/h2-11,13-27H,12,44-45H2,1H3/b4-2-,26-25-,39-16-. The van der Waals surface area contributed by atoms with Gasteiger partial charge in [0, 0.05) is 51.3 Å². The summed E-state index contributed by atoms with van der Waals surface area (Å²) in [4.78, 5) is 5.02. The van der Waals surface area contributed by atoms with E-state index in [0.717, 1.165) is 50.7 Å². The molecule has 4 nitrogen and oxygen atoms in total. The third-order valence-corrected chi connectivity index (χ3v) is 9.21. The number of hydrogen-bond acceptors (Lipinski definition) is 3. The monoisotopic (exact) mass is 606 g/mol. The summed E-state index contributed by atoms with van der Waals surface area (Å²) in [5.41, 5.74) is 21.8. The lowest BCUT2D eigenvalue weighted by molar-refractivity contribution is 1.05. The summed E-state index contributed by atoms with van der Waals surface area (Å²) in [6.45, 7) is 2.14. The van der Waals surface area contributed by atoms with E-state index in [4.69, 9.17) is 16.5 Å². The molecule has 0 atom stereocenters. The molecular formula is C43H34N4. The number of aromatic nitrogens is 2. The van der Waals surface area contributed by atoms with Crippen LogP contribution in [0.2, 0.25) is 0 Å². The molecule has 2 aromatic heterocycles. The third-order valence-electron chi connectivity index (χ3n) is 9.21. The van der Waals surface area contributed by atoms with Crippen LogP contribution < -0.4 is 11.5 Å². The van der Waals surface area contributed by atoms with Gasteiger partial charge in [-0.25, -0.2) is 0 Å². The van der Waals surface area contributed by atoms with Crippen molar-refractivity contribution >= 4 is 55.0 Å². The summed E-state index contributed by atoms with van der Waals surface area (Å²) in [6.07, 6.45) is 10.4. The molecule has 6 aromatic carbocycles. The van der Waals surface area contributed by atoms with Crippen LogP contribution in [-0.4, -0.2) is 9.55 Å². The van der Waals surface area contributed by atoms with Crippen LogP contribution in [0.25, 0.3) is 71.9 Å². The maximum Gasteiger partial charge on any atom is 0.0706 e. The predicted octanol–water partition coefficient (Wildman–Crippen LogP) is 9.93. The van der Waals surface area contributed by atoms with Gasteiger partial charge in [0.2, 0.25) is 0 Å². The van der Waals surface area contributed by atoms with Crippen molar-refractivity contribution in [3.63, 3.8) is 0 Å². The van der Waals surface area contributed by atoms with Crippen LogP contribution in [-0.2, 0) is 6.42 Å². The Labute approximate surface area is 273 Å². The molecule has 0 bridgehead atoms. The van der Waals surface area contributed by atoms with Crippen LogP contribution in [0.1, 0.15) is 22.5 Å². The minimum absolute atomic E-state index is 0.700. The maximum absolute atomic E-state index is 6.68. The molecule has 0 aliphatic heterocycles. The Morgan fingerprint density at radius 2 is 1.49 bits per heavy atom. The van der Waals surface area contributed by atoms with Crippen molar-refractivity contribution in [2.75, 3.05) is 0 Å². The quantitative estimate of drug-likeness (QED) is 0.140. The van der Waals surface area contributed by atoms with E-state index in [1.165, 1.54) is 37.7 Å². The fourth-order valence-corrected chi connectivity index (χ4v) is 7.03. The number of rotatable bonds is 7. The van der Waals surface area contributed by atoms with Crippen molar-refractivity contribution in [2.45, 2.75) is 13.3 Å². The van der Waals surface area contributed by atoms with Crippen molar-refractivity contribution in [3.8, 4) is 16.9 Å². The largest absolute Gasteiger partial charge is 0.405 e. The zero-order chi connectivity index (χ0) is 31.9. The van der Waals surface area contributed by atoms with Crippen molar-refractivity contribution in [3.05, 3.63) is 168 Å². The first kappa shape index (κ1) is 28.4. The van der Waals surface area contributed by atoms with Crippen molar-refractivity contribution in [1.82, 2.24) is 9.55 Å². The van der Waals surface area contributed by atoms with E-state index in [1.807, 2.05) is 18.2 Å². The summed E-state index contributed by atoms with van der Waals surface area (Å²) in [5.74, 6) is 0. The van der Waals surface area contributed by atoms with Gasteiger partial charge in [-0.1, -0.05) is 103 Å². The van der Waals surface area contributed by atoms with E-state index in [1.54, 1.807) is 6.20 Å². The van der Waals surface area contributed by atoms with Gasteiger partial charge in [0.25, 0.3) is 0 Å². The molecule has 47 heavy (non-hydrogen) atoms. The van der Waals surface area contributed by atoms with Gasteiger partial charge in [-0.05, 0) is 87.9 Å². The van der Waals surface area contributed by atoms with Crippen molar-refractivity contribution in [1.29, 1.82) is 0 Å². The van der Waals surface area contributed by atoms with Crippen LogP contribution in [0, 0.1) is 6.92 Å². The molecule has 0 radical (unpaired) electrons. The van der Waals surface area contributed by atoms with Gasteiger partial charge in [-0.15, -0.1) is 0 Å². The molecule has 2 heterocycles. The lowest BCUT2D eigenvalue weighted by Crippen LogP contribution is -1.98. The van der Waals surface area contributed by atoms with Gasteiger partial charge >= 0.3 is 0 Å². The van der Waals surface area contributed by atoms with E-state index in [-0.39, 0.29) is 0 Å². The summed E-state index contributed by atoms with van der Waals surface area (Å²) in [7, 11) is 0. The van der Waals surface area contributed by atoms with Crippen molar-refractivity contribution < 1.29 is 0 Å². The number of benzene rings is 6. The second-order valence-electron chi connectivity index (χ2n) is 12.0. The molecule has 0 saturated carbocycles. The summed E-state index contributed by atoms with van der Waals surface area (Å²) in [6, 6.07) is 42.8. The highest BCUT2D eigenvalue weighted by Gasteiger charge is 2.15. The fraction of sp³-hybridized carbons (Fsp3) is 0.0465. The van der Waals surface area contributed by atoms with Gasteiger partial charge in [-0.2, -0.15) is 0 Å². The number of nitrogens with zero attached hydrogens (tertiary/aromatic N) is 2. The lowest BCUT2D eigenvalue weighted by atomic mass is 9.91. The van der Waals surface area contributed by atoms with Gasteiger partial charge in [0.05, 0.1) is 11.2 Å². The molecule has 0 aliphatic rings. The van der Waals surface area contributed by atoms with Crippen LogP contribution in [0.5, 0.6) is 0 Å². The molecule has 8 rings (SSSR count). The highest BCUT2D eigenvalue weighted by Crippen LogP contribution is 2.37. The second-order valence-corrected chi connectivity index (χ2v) is 12.0. The van der Waals surface area contributed by atoms with E-state index in [9.17, 15) is 0 Å². The highest BCUT2D eigenvalue weighted by atomic mass is 15.0. The van der Waals surface area contributed by atoms with Crippen LogP contribution >= 0.6 is 0 Å². The van der Waals surface area contributed by atoms with E-state index in [2.05, 4.69) is 139 Å². The molecule has 0 unspecified atom stereocenters. The summed E-state index contributed by atoms with van der Waals surface area (Å²) in [5, 5.41) is 8.68. The summed E-state index contributed by atoms with van der Waals surface area (Å²) < 4.78 is 2.29. The first-order valence-corrected chi connectivity index (χ1v) is 15.9. The lowest BCUT2D eigenvalue weighted by Gasteiger charge is -2.14. The first-order valence-electron chi connectivity index (χ1n) is 15.9. The summed E-state index contributed by atoms with van der Waals surface area (Å²) >= 11 is 0. The molecule has 4 heteroatoms. The Hall–Kier alpha value is -6.13. The van der Waals surface area contributed by atoms with E-state index >= 15 is 0 Å². The molecule has 8 aromatic rings. The van der Waals surface area contributed by atoms with Gasteiger partial charge in [0.15, 0.2) is 0 Å². The highest BCUT2D eigenvalue weighted by molar-refractivity contribution is 6.24. The van der Waals surface area contributed by atoms with Gasteiger partial charge in [0.1, 0.15) is 0 Å². The zero-order valence-electron chi connectivity index (χ0n) is 26.2. The van der Waals surface area contributed by atoms with Gasteiger partial charge in [-0.3, -0.25) is 4.98 Å². The van der Waals surface area contributed by atoms with Crippen molar-refractivity contribution in [2.24, 2.45) is 11.5 Å².